The van der Waals surface area contributed by atoms with Gasteiger partial charge in [0.25, 0.3) is 0 Å². The van der Waals surface area contributed by atoms with Crippen LogP contribution in [0.25, 0.3) is 0 Å². The van der Waals surface area contributed by atoms with Gasteiger partial charge >= 0.3 is 11.9 Å². The van der Waals surface area contributed by atoms with Crippen LogP contribution < -0.4 is 5.14 Å². The number of rotatable bonds is 3. The molecular formula is C10H11NO6S. The van der Waals surface area contributed by atoms with E-state index in [0.717, 1.165) is 32.4 Å². The quantitative estimate of drug-likeness (QED) is 0.770. The van der Waals surface area contributed by atoms with Crippen molar-refractivity contribution in [2.24, 2.45) is 5.14 Å². The van der Waals surface area contributed by atoms with Gasteiger partial charge in [-0.1, -0.05) is 0 Å². The lowest BCUT2D eigenvalue weighted by atomic mass is 10.1. The first kappa shape index (κ1) is 14.1. The first-order valence-electron chi connectivity index (χ1n) is 4.64. The van der Waals surface area contributed by atoms with Gasteiger partial charge in [-0.05, 0) is 18.2 Å². The summed E-state index contributed by atoms with van der Waals surface area (Å²) in [6.07, 6.45) is 0. The van der Waals surface area contributed by atoms with E-state index in [1.54, 1.807) is 0 Å². The molecule has 1 aromatic rings. The number of primary sulfonamides is 1. The molecule has 0 amide bonds. The Labute approximate surface area is 104 Å². The summed E-state index contributed by atoms with van der Waals surface area (Å²) in [6, 6.07) is 3.20. The fourth-order valence-corrected chi connectivity index (χ4v) is 1.82. The molecular weight excluding hydrogens is 262 g/mol. The zero-order valence-electron chi connectivity index (χ0n) is 9.67. The van der Waals surface area contributed by atoms with Crippen molar-refractivity contribution in [3.05, 3.63) is 29.3 Å². The van der Waals surface area contributed by atoms with Crippen LogP contribution in [0.1, 0.15) is 20.7 Å². The lowest BCUT2D eigenvalue weighted by Gasteiger charge is -2.06. The summed E-state index contributed by atoms with van der Waals surface area (Å²) in [5.74, 6) is -1.57. The maximum absolute atomic E-state index is 11.3. The molecule has 0 aliphatic heterocycles. The van der Waals surface area contributed by atoms with Crippen LogP contribution >= 0.6 is 0 Å². The topological polar surface area (TPSA) is 113 Å². The van der Waals surface area contributed by atoms with E-state index >= 15 is 0 Å². The van der Waals surface area contributed by atoms with Crippen molar-refractivity contribution < 1.29 is 27.5 Å². The van der Waals surface area contributed by atoms with Crippen LogP contribution in [0.3, 0.4) is 0 Å². The first-order valence-corrected chi connectivity index (χ1v) is 6.18. The van der Waals surface area contributed by atoms with Crippen molar-refractivity contribution in [2.75, 3.05) is 14.2 Å². The molecule has 1 rings (SSSR count). The maximum Gasteiger partial charge on any atom is 0.337 e. The van der Waals surface area contributed by atoms with Crippen molar-refractivity contribution in [3.8, 4) is 0 Å². The first-order chi connectivity index (χ1) is 8.29. The summed E-state index contributed by atoms with van der Waals surface area (Å²) in [5.41, 5.74) is -0.214. The van der Waals surface area contributed by atoms with Gasteiger partial charge in [-0.3, -0.25) is 0 Å². The molecule has 0 aliphatic carbocycles. The molecule has 0 fully saturated rings. The lowest BCUT2D eigenvalue weighted by Crippen LogP contribution is -2.15. The van der Waals surface area contributed by atoms with Crippen LogP contribution in [0.5, 0.6) is 0 Å². The Morgan fingerprint density at radius 1 is 1.00 bits per heavy atom. The van der Waals surface area contributed by atoms with Crippen molar-refractivity contribution in [2.45, 2.75) is 4.90 Å². The van der Waals surface area contributed by atoms with Crippen molar-refractivity contribution in [1.29, 1.82) is 0 Å². The standard InChI is InChI=1S/C10H11NO6S/c1-16-9(12)6-3-7(10(13)17-2)5-8(4-6)18(11,14)15/h3-5H,1-2H3,(H2,11,14,15). The molecule has 0 bridgehead atoms. The van der Waals surface area contributed by atoms with E-state index in [0.29, 0.717) is 0 Å². The third-order valence-corrected chi connectivity index (χ3v) is 2.97. The van der Waals surface area contributed by atoms with E-state index in [9.17, 15) is 18.0 Å². The largest absolute Gasteiger partial charge is 0.465 e. The number of carbonyl (C=O) groups excluding carboxylic acids is 2. The highest BCUT2D eigenvalue weighted by Gasteiger charge is 2.18. The van der Waals surface area contributed by atoms with Crippen LogP contribution in [0.4, 0.5) is 0 Å². The Balaban J connectivity index is 3.48. The van der Waals surface area contributed by atoms with Gasteiger partial charge in [0.1, 0.15) is 0 Å². The second-order valence-corrected chi connectivity index (χ2v) is 4.84. The zero-order chi connectivity index (χ0) is 13.9. The molecule has 18 heavy (non-hydrogen) atoms. The Morgan fingerprint density at radius 3 is 1.67 bits per heavy atom. The zero-order valence-corrected chi connectivity index (χ0v) is 10.5. The van der Waals surface area contributed by atoms with E-state index in [1.807, 2.05) is 0 Å². The van der Waals surface area contributed by atoms with Crippen LogP contribution in [0.15, 0.2) is 23.1 Å². The average Bonchev–Trinajstić information content (AvgIpc) is 2.35. The van der Waals surface area contributed by atoms with Crippen LogP contribution in [-0.4, -0.2) is 34.6 Å². The normalized spacial score (nSPS) is 10.8. The number of hydrogen-bond acceptors (Lipinski definition) is 6. The predicted molar refractivity (Wildman–Crippen MR) is 60.5 cm³/mol. The number of nitrogens with two attached hydrogens (primary N) is 1. The lowest BCUT2D eigenvalue weighted by molar-refractivity contribution is 0.0598. The van der Waals surface area contributed by atoms with Gasteiger partial charge in [-0.25, -0.2) is 23.1 Å². The Bertz CT molecular complexity index is 558. The fraction of sp³-hybridized carbons (Fsp3) is 0.200. The molecule has 0 unspecified atom stereocenters. The van der Waals surface area contributed by atoms with E-state index in [-0.39, 0.29) is 16.0 Å². The molecule has 98 valence electrons. The molecule has 0 radical (unpaired) electrons. The molecule has 2 N–H and O–H groups in total. The van der Waals surface area contributed by atoms with Gasteiger partial charge in [0.05, 0.1) is 30.2 Å². The maximum atomic E-state index is 11.3. The summed E-state index contributed by atoms with van der Waals surface area (Å²) < 4.78 is 31.4. The van der Waals surface area contributed by atoms with Gasteiger partial charge in [0.2, 0.25) is 10.0 Å². The van der Waals surface area contributed by atoms with Crippen molar-refractivity contribution in [1.82, 2.24) is 0 Å². The summed E-state index contributed by atoms with van der Waals surface area (Å²) in [5, 5.41) is 4.95. The van der Waals surface area contributed by atoms with Gasteiger partial charge in [-0.15, -0.1) is 0 Å². The van der Waals surface area contributed by atoms with E-state index in [1.165, 1.54) is 0 Å². The number of esters is 2. The van der Waals surface area contributed by atoms with Gasteiger partial charge in [0, 0.05) is 0 Å². The minimum absolute atomic E-state index is 0.107. The van der Waals surface area contributed by atoms with Crippen molar-refractivity contribution >= 4 is 22.0 Å². The monoisotopic (exact) mass is 273 g/mol. The minimum atomic E-state index is -4.05. The highest BCUT2D eigenvalue weighted by Crippen LogP contribution is 2.16. The number of sulfonamides is 1. The second-order valence-electron chi connectivity index (χ2n) is 3.27. The van der Waals surface area contributed by atoms with Crippen LogP contribution in [0, 0.1) is 0 Å². The van der Waals surface area contributed by atoms with Crippen molar-refractivity contribution in [3.63, 3.8) is 0 Å². The van der Waals surface area contributed by atoms with Gasteiger partial charge in [0.15, 0.2) is 0 Å². The molecule has 1 aromatic carbocycles. The molecule has 8 heteroatoms. The van der Waals surface area contributed by atoms with Gasteiger partial charge in [-0.2, -0.15) is 0 Å². The number of ether oxygens (including phenoxy) is 2. The number of hydrogen-bond donors (Lipinski definition) is 1. The molecule has 0 saturated carbocycles. The molecule has 0 aromatic heterocycles. The molecule has 7 nitrogen and oxygen atoms in total. The highest BCUT2D eigenvalue weighted by molar-refractivity contribution is 7.89. The third-order valence-electron chi connectivity index (χ3n) is 2.08. The fourth-order valence-electron chi connectivity index (χ4n) is 1.23. The molecule has 0 heterocycles. The smallest absolute Gasteiger partial charge is 0.337 e. The average molecular weight is 273 g/mol. The second kappa shape index (κ2) is 5.15. The minimum Gasteiger partial charge on any atom is -0.465 e. The predicted octanol–water partition coefficient (Wildman–Crippen LogP) is -0.0928. The SMILES string of the molecule is COC(=O)c1cc(C(=O)OC)cc(S(N)(=O)=O)c1. The summed E-state index contributed by atoms with van der Waals surface area (Å²) in [4.78, 5) is 22.3. The molecule has 0 aliphatic rings. The number of methoxy groups -OCH3 is 2. The molecule has 0 spiro atoms. The van der Waals surface area contributed by atoms with Crippen LogP contribution in [-0.2, 0) is 19.5 Å². The Kier molecular flexibility index (Phi) is 4.04. The van der Waals surface area contributed by atoms with Crippen LogP contribution in [0.2, 0.25) is 0 Å². The molecule has 0 atom stereocenters. The highest BCUT2D eigenvalue weighted by atomic mass is 32.2. The number of benzene rings is 1. The Hall–Kier alpha value is -1.93. The van der Waals surface area contributed by atoms with E-state index in [4.69, 9.17) is 5.14 Å². The van der Waals surface area contributed by atoms with E-state index in [2.05, 4.69) is 9.47 Å². The summed E-state index contributed by atoms with van der Waals surface area (Å²) in [6.45, 7) is 0. The number of carbonyl (C=O) groups is 2. The molecule has 0 saturated heterocycles. The van der Waals surface area contributed by atoms with E-state index < -0.39 is 22.0 Å². The summed E-state index contributed by atoms with van der Waals surface area (Å²) >= 11 is 0. The third kappa shape index (κ3) is 3.05. The van der Waals surface area contributed by atoms with Gasteiger partial charge < -0.3 is 9.47 Å². The Morgan fingerprint density at radius 2 is 1.39 bits per heavy atom. The summed E-state index contributed by atoms with van der Waals surface area (Å²) in [7, 11) is -1.79.